The van der Waals surface area contributed by atoms with Gasteiger partial charge in [0.05, 0.1) is 26.4 Å². The predicted molar refractivity (Wildman–Crippen MR) is 48.7 cm³/mol. The van der Waals surface area contributed by atoms with E-state index >= 15 is 0 Å². The molecule has 0 unspecified atom stereocenters. The fourth-order valence-electron chi connectivity index (χ4n) is 1.83. The lowest BCUT2D eigenvalue weighted by Crippen LogP contribution is -2.15. The topological polar surface area (TPSA) is 27.7 Å². The van der Waals surface area contributed by atoms with E-state index < -0.39 is 0 Å². The number of rotatable bonds is 4. The summed E-state index contributed by atoms with van der Waals surface area (Å²) in [6.07, 6.45) is 2.34. The molecule has 2 atom stereocenters. The Hall–Kier alpha value is -0.120. The van der Waals surface area contributed by atoms with Crippen LogP contribution in [0.3, 0.4) is 0 Å². The molecule has 76 valence electrons. The first kappa shape index (κ1) is 9.44. The third kappa shape index (κ3) is 2.93. The van der Waals surface area contributed by atoms with E-state index in [2.05, 4.69) is 0 Å². The van der Waals surface area contributed by atoms with E-state index in [1.165, 1.54) is 12.8 Å². The summed E-state index contributed by atoms with van der Waals surface area (Å²) in [5.74, 6) is 1.28. The lowest BCUT2D eigenvalue weighted by atomic mass is 10.1. The van der Waals surface area contributed by atoms with Gasteiger partial charge in [-0.05, 0) is 12.8 Å². The molecule has 2 aliphatic rings. The Kier molecular flexibility index (Phi) is 3.58. The van der Waals surface area contributed by atoms with Gasteiger partial charge in [0.2, 0.25) is 0 Å². The summed E-state index contributed by atoms with van der Waals surface area (Å²) in [7, 11) is 0. The van der Waals surface area contributed by atoms with Crippen molar-refractivity contribution in [3.05, 3.63) is 0 Å². The maximum absolute atomic E-state index is 5.64. The summed E-state index contributed by atoms with van der Waals surface area (Å²) < 4.78 is 16.2. The molecule has 0 spiro atoms. The molecular weight excluding hydrogens is 168 g/mol. The van der Waals surface area contributed by atoms with E-state index in [1.54, 1.807) is 0 Å². The largest absolute Gasteiger partial charge is 0.381 e. The van der Waals surface area contributed by atoms with Crippen LogP contribution in [0.25, 0.3) is 0 Å². The molecule has 2 rings (SSSR count). The van der Waals surface area contributed by atoms with Gasteiger partial charge in [-0.15, -0.1) is 0 Å². The lowest BCUT2D eigenvalue weighted by molar-refractivity contribution is 0.0608. The van der Waals surface area contributed by atoms with Crippen molar-refractivity contribution in [1.29, 1.82) is 0 Å². The molecule has 0 amide bonds. The van der Waals surface area contributed by atoms with E-state index in [0.29, 0.717) is 11.8 Å². The first-order valence-corrected chi connectivity index (χ1v) is 5.18. The number of ether oxygens (including phenoxy) is 3. The minimum absolute atomic E-state index is 0.641. The Balaban J connectivity index is 1.52. The van der Waals surface area contributed by atoms with Gasteiger partial charge in [-0.2, -0.15) is 0 Å². The highest BCUT2D eigenvalue weighted by atomic mass is 16.5. The van der Waals surface area contributed by atoms with Gasteiger partial charge in [-0.25, -0.2) is 0 Å². The normalized spacial score (nSPS) is 34.2. The highest BCUT2D eigenvalue weighted by molar-refractivity contribution is 4.65. The minimum atomic E-state index is 0.641. The average Bonchev–Trinajstić information content (AvgIpc) is 2.75. The predicted octanol–water partition coefficient (Wildman–Crippen LogP) is 1.08. The molecule has 13 heavy (non-hydrogen) atoms. The van der Waals surface area contributed by atoms with Crippen LogP contribution in [0.5, 0.6) is 0 Å². The van der Waals surface area contributed by atoms with E-state index in [1.807, 2.05) is 0 Å². The van der Waals surface area contributed by atoms with E-state index in [4.69, 9.17) is 14.2 Å². The van der Waals surface area contributed by atoms with Crippen molar-refractivity contribution in [2.24, 2.45) is 11.8 Å². The van der Waals surface area contributed by atoms with E-state index in [-0.39, 0.29) is 0 Å². The van der Waals surface area contributed by atoms with Crippen LogP contribution in [0.1, 0.15) is 12.8 Å². The standard InChI is InChI=1S/C10H18O3/c1-3-11-5-9(1)7-13-8-10-2-4-12-6-10/h9-10H,1-8H2/t9-,10-/m1/s1. The van der Waals surface area contributed by atoms with E-state index in [9.17, 15) is 0 Å². The molecule has 2 heterocycles. The zero-order valence-electron chi connectivity index (χ0n) is 8.04. The fraction of sp³-hybridized carbons (Fsp3) is 1.00. The molecule has 0 aromatic heterocycles. The van der Waals surface area contributed by atoms with Gasteiger partial charge in [-0.1, -0.05) is 0 Å². The molecule has 0 radical (unpaired) electrons. The van der Waals surface area contributed by atoms with Crippen molar-refractivity contribution < 1.29 is 14.2 Å². The van der Waals surface area contributed by atoms with E-state index in [0.717, 1.165) is 39.6 Å². The third-order valence-corrected chi connectivity index (χ3v) is 2.76. The van der Waals surface area contributed by atoms with Crippen LogP contribution in [0.15, 0.2) is 0 Å². The molecule has 0 bridgehead atoms. The van der Waals surface area contributed by atoms with Crippen molar-refractivity contribution in [3.63, 3.8) is 0 Å². The minimum Gasteiger partial charge on any atom is -0.381 e. The van der Waals surface area contributed by atoms with Crippen LogP contribution in [-0.4, -0.2) is 39.6 Å². The smallest absolute Gasteiger partial charge is 0.0517 e. The van der Waals surface area contributed by atoms with Gasteiger partial charge < -0.3 is 14.2 Å². The van der Waals surface area contributed by atoms with Crippen LogP contribution < -0.4 is 0 Å². The summed E-state index contributed by atoms with van der Waals surface area (Å²) in [4.78, 5) is 0. The summed E-state index contributed by atoms with van der Waals surface area (Å²) in [5.41, 5.74) is 0. The van der Waals surface area contributed by atoms with Crippen molar-refractivity contribution in [3.8, 4) is 0 Å². The zero-order valence-corrected chi connectivity index (χ0v) is 8.04. The highest BCUT2D eigenvalue weighted by Crippen LogP contribution is 2.15. The fourth-order valence-corrected chi connectivity index (χ4v) is 1.83. The van der Waals surface area contributed by atoms with Gasteiger partial charge in [0.15, 0.2) is 0 Å². The second kappa shape index (κ2) is 4.94. The van der Waals surface area contributed by atoms with Gasteiger partial charge >= 0.3 is 0 Å². The number of hydrogen-bond donors (Lipinski definition) is 0. The van der Waals surface area contributed by atoms with Crippen LogP contribution in [0.4, 0.5) is 0 Å². The first-order valence-electron chi connectivity index (χ1n) is 5.18. The summed E-state index contributed by atoms with van der Waals surface area (Å²) in [6, 6.07) is 0. The van der Waals surface area contributed by atoms with Crippen molar-refractivity contribution in [1.82, 2.24) is 0 Å². The van der Waals surface area contributed by atoms with Crippen molar-refractivity contribution in [2.75, 3.05) is 39.6 Å². The molecule has 0 aromatic carbocycles. The molecule has 0 aromatic rings. The van der Waals surface area contributed by atoms with Crippen molar-refractivity contribution >= 4 is 0 Å². The summed E-state index contributed by atoms with van der Waals surface area (Å²) in [6.45, 7) is 5.36. The molecule has 0 saturated carbocycles. The maximum atomic E-state index is 5.64. The monoisotopic (exact) mass is 186 g/mol. The SMILES string of the molecule is C1C[C@@H](COC[C@@H]2CCOC2)CO1. The Morgan fingerprint density at radius 3 is 1.85 bits per heavy atom. The first-order chi connectivity index (χ1) is 6.45. The Labute approximate surface area is 79.4 Å². The number of hydrogen-bond acceptors (Lipinski definition) is 3. The molecule has 3 heteroatoms. The highest BCUT2D eigenvalue weighted by Gasteiger charge is 2.18. The average molecular weight is 186 g/mol. The molecule has 0 aliphatic carbocycles. The van der Waals surface area contributed by atoms with Crippen LogP contribution in [-0.2, 0) is 14.2 Å². The lowest BCUT2D eigenvalue weighted by Gasteiger charge is -2.11. The summed E-state index contributed by atoms with van der Waals surface area (Å²) >= 11 is 0. The van der Waals surface area contributed by atoms with Crippen LogP contribution in [0, 0.1) is 11.8 Å². The molecule has 2 saturated heterocycles. The zero-order chi connectivity index (χ0) is 8.93. The van der Waals surface area contributed by atoms with Gasteiger partial charge in [0.1, 0.15) is 0 Å². The molecule has 2 aliphatic heterocycles. The van der Waals surface area contributed by atoms with Gasteiger partial charge in [-0.3, -0.25) is 0 Å². The van der Waals surface area contributed by atoms with Crippen LogP contribution in [0.2, 0.25) is 0 Å². The maximum Gasteiger partial charge on any atom is 0.0517 e. The Morgan fingerprint density at radius 2 is 1.46 bits per heavy atom. The third-order valence-electron chi connectivity index (χ3n) is 2.76. The second-order valence-electron chi connectivity index (χ2n) is 4.00. The molecule has 0 N–H and O–H groups in total. The quantitative estimate of drug-likeness (QED) is 0.657. The Morgan fingerprint density at radius 1 is 0.923 bits per heavy atom. The van der Waals surface area contributed by atoms with Crippen LogP contribution >= 0.6 is 0 Å². The Bertz CT molecular complexity index is 121. The van der Waals surface area contributed by atoms with Gasteiger partial charge in [0, 0.05) is 25.0 Å². The molecular formula is C10H18O3. The summed E-state index contributed by atoms with van der Waals surface area (Å²) in [5, 5.41) is 0. The second-order valence-corrected chi connectivity index (χ2v) is 4.00. The van der Waals surface area contributed by atoms with Crippen molar-refractivity contribution in [2.45, 2.75) is 12.8 Å². The van der Waals surface area contributed by atoms with Gasteiger partial charge in [0.25, 0.3) is 0 Å². The molecule has 2 fully saturated rings. The molecule has 3 nitrogen and oxygen atoms in total.